The highest BCUT2D eigenvalue weighted by atomic mass is 16.6. The molecule has 0 unspecified atom stereocenters. The van der Waals surface area contributed by atoms with Gasteiger partial charge in [-0.25, -0.2) is 0 Å². The van der Waals surface area contributed by atoms with Crippen molar-refractivity contribution in [1.82, 2.24) is 0 Å². The predicted molar refractivity (Wildman–Crippen MR) is 111 cm³/mol. The molecule has 0 saturated carbocycles. The zero-order valence-electron chi connectivity index (χ0n) is 15.7. The molecule has 0 aliphatic carbocycles. The van der Waals surface area contributed by atoms with E-state index in [1.54, 1.807) is 67.6 Å². The fourth-order valence-electron chi connectivity index (χ4n) is 2.90. The Kier molecular flexibility index (Phi) is 5.99. The SMILES string of the molecule is Cc1c(NC(=O)Cc2ccccc2[N+](=O)[O-])cccc1NC(=O)c1ccccc1. The van der Waals surface area contributed by atoms with Gasteiger partial charge in [0.1, 0.15) is 0 Å². The summed E-state index contributed by atoms with van der Waals surface area (Å²) in [5.41, 5.74) is 2.55. The molecule has 7 heteroatoms. The second kappa shape index (κ2) is 8.79. The maximum Gasteiger partial charge on any atom is 0.273 e. The van der Waals surface area contributed by atoms with E-state index in [-0.39, 0.29) is 23.9 Å². The number of amides is 2. The molecule has 0 bridgehead atoms. The van der Waals surface area contributed by atoms with Crippen LogP contribution in [0.25, 0.3) is 0 Å². The Labute approximate surface area is 167 Å². The molecule has 3 aromatic rings. The van der Waals surface area contributed by atoms with E-state index < -0.39 is 4.92 Å². The topological polar surface area (TPSA) is 101 Å². The van der Waals surface area contributed by atoms with Crippen LogP contribution in [0.4, 0.5) is 17.1 Å². The summed E-state index contributed by atoms with van der Waals surface area (Å²) in [7, 11) is 0. The largest absolute Gasteiger partial charge is 0.325 e. The van der Waals surface area contributed by atoms with E-state index in [0.717, 1.165) is 0 Å². The summed E-state index contributed by atoms with van der Waals surface area (Å²) in [5.74, 6) is -0.633. The van der Waals surface area contributed by atoms with Crippen LogP contribution in [-0.2, 0) is 11.2 Å². The number of benzene rings is 3. The summed E-state index contributed by atoms with van der Waals surface area (Å²) >= 11 is 0. The highest BCUT2D eigenvalue weighted by molar-refractivity contribution is 6.05. The summed E-state index contributed by atoms with van der Waals surface area (Å²) in [6, 6.07) is 20.1. The molecule has 0 radical (unpaired) electrons. The predicted octanol–water partition coefficient (Wildman–Crippen LogP) is 4.34. The lowest BCUT2D eigenvalue weighted by atomic mass is 10.1. The summed E-state index contributed by atoms with van der Waals surface area (Å²) < 4.78 is 0. The van der Waals surface area contributed by atoms with Crippen molar-refractivity contribution in [3.05, 3.63) is 99.6 Å². The van der Waals surface area contributed by atoms with Crippen LogP contribution in [0, 0.1) is 17.0 Å². The van der Waals surface area contributed by atoms with Crippen molar-refractivity contribution in [2.45, 2.75) is 13.3 Å². The van der Waals surface area contributed by atoms with Crippen molar-refractivity contribution < 1.29 is 14.5 Å². The lowest BCUT2D eigenvalue weighted by Crippen LogP contribution is -2.17. The minimum absolute atomic E-state index is 0.0942. The van der Waals surface area contributed by atoms with Gasteiger partial charge in [0.2, 0.25) is 5.91 Å². The van der Waals surface area contributed by atoms with E-state index in [2.05, 4.69) is 10.6 Å². The fourth-order valence-corrected chi connectivity index (χ4v) is 2.90. The van der Waals surface area contributed by atoms with Crippen molar-refractivity contribution in [1.29, 1.82) is 0 Å². The number of nitrogens with one attached hydrogen (secondary N) is 2. The first-order chi connectivity index (χ1) is 14.0. The van der Waals surface area contributed by atoms with Gasteiger partial charge in [0.25, 0.3) is 11.6 Å². The van der Waals surface area contributed by atoms with E-state index in [1.165, 1.54) is 6.07 Å². The molecule has 0 aromatic heterocycles. The average molecular weight is 389 g/mol. The number of anilines is 2. The zero-order valence-corrected chi connectivity index (χ0v) is 15.7. The Morgan fingerprint density at radius 1 is 0.862 bits per heavy atom. The van der Waals surface area contributed by atoms with Gasteiger partial charge in [-0.3, -0.25) is 19.7 Å². The van der Waals surface area contributed by atoms with Gasteiger partial charge < -0.3 is 10.6 Å². The quantitative estimate of drug-likeness (QED) is 0.484. The smallest absolute Gasteiger partial charge is 0.273 e. The van der Waals surface area contributed by atoms with Crippen LogP contribution in [-0.4, -0.2) is 16.7 Å². The minimum atomic E-state index is -0.506. The van der Waals surface area contributed by atoms with Crippen molar-refractivity contribution in [3.63, 3.8) is 0 Å². The highest BCUT2D eigenvalue weighted by Gasteiger charge is 2.17. The molecule has 0 atom stereocenters. The second-order valence-electron chi connectivity index (χ2n) is 6.41. The fraction of sp³-hybridized carbons (Fsp3) is 0.0909. The number of hydrogen-bond donors (Lipinski definition) is 2. The first kappa shape index (κ1) is 19.8. The van der Waals surface area contributed by atoms with Crippen molar-refractivity contribution >= 4 is 28.9 Å². The van der Waals surface area contributed by atoms with Crippen LogP contribution in [0.15, 0.2) is 72.8 Å². The number of hydrogen-bond acceptors (Lipinski definition) is 4. The standard InChI is InChI=1S/C22H19N3O4/c1-15-18(23-21(26)14-17-10-5-6-13-20(17)25(28)29)11-7-12-19(15)24-22(27)16-8-3-2-4-9-16/h2-13H,14H2,1H3,(H,23,26)(H,24,27). The maximum absolute atomic E-state index is 12.4. The molecule has 0 saturated heterocycles. The molecule has 2 N–H and O–H groups in total. The lowest BCUT2D eigenvalue weighted by Gasteiger charge is -2.13. The summed E-state index contributed by atoms with van der Waals surface area (Å²) in [5, 5.41) is 16.7. The molecule has 0 aliphatic heterocycles. The molecule has 0 fully saturated rings. The van der Waals surface area contributed by atoms with Gasteiger partial charge in [0.05, 0.1) is 11.3 Å². The number of nitro groups is 1. The van der Waals surface area contributed by atoms with Crippen LogP contribution in [0.5, 0.6) is 0 Å². The summed E-state index contributed by atoms with van der Waals surface area (Å²) in [6.07, 6.45) is -0.128. The lowest BCUT2D eigenvalue weighted by molar-refractivity contribution is -0.385. The normalized spacial score (nSPS) is 10.2. The van der Waals surface area contributed by atoms with E-state index in [4.69, 9.17) is 0 Å². The van der Waals surface area contributed by atoms with Gasteiger partial charge in [-0.1, -0.05) is 42.5 Å². The second-order valence-corrected chi connectivity index (χ2v) is 6.41. The molecule has 146 valence electrons. The molecule has 0 spiro atoms. The van der Waals surface area contributed by atoms with Crippen LogP contribution in [0.3, 0.4) is 0 Å². The molecule has 29 heavy (non-hydrogen) atoms. The van der Waals surface area contributed by atoms with E-state index in [9.17, 15) is 19.7 Å². The van der Waals surface area contributed by atoms with E-state index >= 15 is 0 Å². The van der Waals surface area contributed by atoms with E-state index in [0.29, 0.717) is 28.1 Å². The van der Waals surface area contributed by atoms with Gasteiger partial charge in [0, 0.05) is 28.6 Å². The number of carbonyl (C=O) groups excluding carboxylic acids is 2. The van der Waals surface area contributed by atoms with Crippen molar-refractivity contribution in [3.8, 4) is 0 Å². The third-order valence-electron chi connectivity index (χ3n) is 4.43. The Morgan fingerprint density at radius 2 is 1.48 bits per heavy atom. The Balaban J connectivity index is 1.74. The number of nitro benzene ring substituents is 1. The number of nitrogens with zero attached hydrogens (tertiary/aromatic N) is 1. The summed E-state index contributed by atoms with van der Waals surface area (Å²) in [6.45, 7) is 1.78. The highest BCUT2D eigenvalue weighted by Crippen LogP contribution is 2.25. The monoisotopic (exact) mass is 389 g/mol. The van der Waals surface area contributed by atoms with Crippen LogP contribution in [0.1, 0.15) is 21.5 Å². The van der Waals surface area contributed by atoms with Gasteiger partial charge >= 0.3 is 0 Å². The first-order valence-electron chi connectivity index (χ1n) is 8.94. The number of para-hydroxylation sites is 1. The summed E-state index contributed by atoms with van der Waals surface area (Å²) in [4.78, 5) is 35.4. The molecule has 0 aliphatic rings. The minimum Gasteiger partial charge on any atom is -0.325 e. The molecular weight excluding hydrogens is 370 g/mol. The molecule has 3 rings (SSSR count). The third kappa shape index (κ3) is 4.84. The first-order valence-corrected chi connectivity index (χ1v) is 8.94. The van der Waals surface area contributed by atoms with Crippen LogP contribution >= 0.6 is 0 Å². The molecule has 3 aromatic carbocycles. The maximum atomic E-state index is 12.4. The zero-order chi connectivity index (χ0) is 20.8. The van der Waals surface area contributed by atoms with Gasteiger partial charge in [-0.05, 0) is 36.8 Å². The van der Waals surface area contributed by atoms with Crippen LogP contribution < -0.4 is 10.6 Å². The Morgan fingerprint density at radius 3 is 2.17 bits per heavy atom. The van der Waals surface area contributed by atoms with Crippen LogP contribution in [0.2, 0.25) is 0 Å². The average Bonchev–Trinajstić information content (AvgIpc) is 2.72. The van der Waals surface area contributed by atoms with Gasteiger partial charge in [-0.2, -0.15) is 0 Å². The number of rotatable bonds is 6. The Hall–Kier alpha value is -4.00. The molecule has 0 heterocycles. The van der Waals surface area contributed by atoms with Crippen molar-refractivity contribution in [2.75, 3.05) is 10.6 Å². The number of carbonyl (C=O) groups is 2. The van der Waals surface area contributed by atoms with Gasteiger partial charge in [-0.15, -0.1) is 0 Å². The third-order valence-corrected chi connectivity index (χ3v) is 4.43. The molecule has 2 amide bonds. The van der Waals surface area contributed by atoms with E-state index in [1.807, 2.05) is 6.07 Å². The molecule has 7 nitrogen and oxygen atoms in total. The van der Waals surface area contributed by atoms with Gasteiger partial charge in [0.15, 0.2) is 0 Å². The molecular formula is C22H19N3O4. The van der Waals surface area contributed by atoms with Crippen molar-refractivity contribution in [2.24, 2.45) is 0 Å². The Bertz CT molecular complexity index is 1060.